The maximum Gasteiger partial charge on any atom is 0.243 e. The Morgan fingerprint density at radius 1 is 1.13 bits per heavy atom. The van der Waals surface area contributed by atoms with Crippen molar-refractivity contribution in [1.82, 2.24) is 9.62 Å². The number of fused-ring (bicyclic) bond motifs is 1. The van der Waals surface area contributed by atoms with Crippen LogP contribution in [0.1, 0.15) is 35.1 Å². The van der Waals surface area contributed by atoms with E-state index in [2.05, 4.69) is 5.32 Å². The van der Waals surface area contributed by atoms with E-state index < -0.39 is 16.1 Å². The minimum atomic E-state index is -3.80. The van der Waals surface area contributed by atoms with E-state index in [4.69, 9.17) is 16.0 Å². The van der Waals surface area contributed by atoms with Crippen LogP contribution in [0.25, 0.3) is 0 Å². The van der Waals surface area contributed by atoms with Gasteiger partial charge in [-0.05, 0) is 60.9 Å². The number of hydrogen-bond donors (Lipinski definition) is 1. The van der Waals surface area contributed by atoms with Crippen LogP contribution in [-0.4, -0.2) is 25.2 Å². The topological polar surface area (TPSA) is 79.6 Å². The standard InChI is InChI=1S/C23H23ClN2O4S/c1-16-6-9-19(30-16)15-25-23(27)14-22-21-5-3-2-4-17(21)12-13-26(22)31(28,29)20-10-7-18(24)8-11-20/h2-11,22H,12-15H2,1H3,(H,25,27). The molecule has 2 aromatic carbocycles. The highest BCUT2D eigenvalue weighted by Gasteiger charge is 2.37. The average molecular weight is 459 g/mol. The van der Waals surface area contributed by atoms with E-state index in [1.807, 2.05) is 43.3 Å². The van der Waals surface area contributed by atoms with Gasteiger partial charge in [-0.25, -0.2) is 8.42 Å². The Bertz CT molecular complexity index is 1190. The van der Waals surface area contributed by atoms with Gasteiger partial charge in [-0.1, -0.05) is 35.9 Å². The molecule has 1 aliphatic rings. The van der Waals surface area contributed by atoms with Crippen LogP contribution in [0.3, 0.4) is 0 Å². The summed E-state index contributed by atoms with van der Waals surface area (Å²) < 4.78 is 33.8. The lowest BCUT2D eigenvalue weighted by molar-refractivity contribution is -0.122. The molecule has 31 heavy (non-hydrogen) atoms. The lowest BCUT2D eigenvalue weighted by Crippen LogP contribution is -2.42. The van der Waals surface area contributed by atoms with Crippen LogP contribution in [0.15, 0.2) is 70.0 Å². The number of hydrogen-bond acceptors (Lipinski definition) is 4. The van der Waals surface area contributed by atoms with Crippen LogP contribution < -0.4 is 5.32 Å². The Hall–Kier alpha value is -2.61. The van der Waals surface area contributed by atoms with Gasteiger partial charge in [-0.2, -0.15) is 4.31 Å². The first-order valence-electron chi connectivity index (χ1n) is 10.0. The number of nitrogens with one attached hydrogen (secondary N) is 1. The summed E-state index contributed by atoms with van der Waals surface area (Å²) in [6.45, 7) is 2.39. The molecule has 0 saturated carbocycles. The molecule has 1 unspecified atom stereocenters. The number of furan rings is 1. The third-order valence-corrected chi connectivity index (χ3v) is 7.59. The zero-order valence-electron chi connectivity index (χ0n) is 17.0. The van der Waals surface area contributed by atoms with Crippen molar-refractivity contribution < 1.29 is 17.6 Å². The molecule has 4 rings (SSSR count). The van der Waals surface area contributed by atoms with E-state index in [-0.39, 0.29) is 23.8 Å². The highest BCUT2D eigenvalue weighted by atomic mass is 35.5. The monoisotopic (exact) mass is 458 g/mol. The summed E-state index contributed by atoms with van der Waals surface area (Å²) in [6.07, 6.45) is 0.607. The maximum absolute atomic E-state index is 13.4. The number of carbonyl (C=O) groups excluding carboxylic acids is 1. The fourth-order valence-electron chi connectivity index (χ4n) is 3.88. The number of sulfonamides is 1. The van der Waals surface area contributed by atoms with Gasteiger partial charge in [0.2, 0.25) is 15.9 Å². The second kappa shape index (κ2) is 8.86. The summed E-state index contributed by atoms with van der Waals surface area (Å²) in [6, 6.07) is 16.8. The molecule has 0 radical (unpaired) electrons. The summed E-state index contributed by atoms with van der Waals surface area (Å²) in [4.78, 5) is 12.9. The van der Waals surface area contributed by atoms with Crippen LogP contribution in [0, 0.1) is 6.92 Å². The van der Waals surface area contributed by atoms with E-state index in [0.29, 0.717) is 23.7 Å². The molecule has 2 heterocycles. The molecule has 6 nitrogen and oxygen atoms in total. The third-order valence-electron chi connectivity index (χ3n) is 5.42. The van der Waals surface area contributed by atoms with Crippen molar-refractivity contribution in [2.45, 2.75) is 37.2 Å². The average Bonchev–Trinajstić information content (AvgIpc) is 3.18. The molecule has 1 amide bonds. The quantitative estimate of drug-likeness (QED) is 0.599. The predicted octanol–water partition coefficient (Wildman–Crippen LogP) is 4.24. The van der Waals surface area contributed by atoms with Gasteiger partial charge in [0.15, 0.2) is 0 Å². The molecular weight excluding hydrogens is 436 g/mol. The second-order valence-electron chi connectivity index (χ2n) is 7.53. The molecule has 1 aliphatic heterocycles. The first kappa shape index (κ1) is 21.6. The number of rotatable bonds is 6. The van der Waals surface area contributed by atoms with Gasteiger partial charge in [-0.15, -0.1) is 0 Å². The van der Waals surface area contributed by atoms with Crippen LogP contribution in [0.5, 0.6) is 0 Å². The number of halogens is 1. The molecular formula is C23H23ClN2O4S. The molecule has 1 aromatic heterocycles. The SMILES string of the molecule is Cc1ccc(CNC(=O)CC2c3ccccc3CCN2S(=O)(=O)c2ccc(Cl)cc2)o1. The minimum Gasteiger partial charge on any atom is -0.465 e. The molecule has 0 bridgehead atoms. The van der Waals surface area contributed by atoms with Crippen molar-refractivity contribution in [3.05, 3.63) is 88.3 Å². The molecule has 0 fully saturated rings. The van der Waals surface area contributed by atoms with Crippen LogP contribution in [0.2, 0.25) is 5.02 Å². The first-order chi connectivity index (χ1) is 14.8. The maximum atomic E-state index is 13.4. The molecule has 162 valence electrons. The zero-order chi connectivity index (χ0) is 22.0. The van der Waals surface area contributed by atoms with Gasteiger partial charge in [0, 0.05) is 18.0 Å². The van der Waals surface area contributed by atoms with E-state index in [1.54, 1.807) is 12.1 Å². The van der Waals surface area contributed by atoms with Gasteiger partial charge in [0.05, 0.1) is 17.5 Å². The van der Waals surface area contributed by atoms with Crippen molar-refractivity contribution in [2.24, 2.45) is 0 Å². The summed E-state index contributed by atoms with van der Waals surface area (Å²) in [7, 11) is -3.80. The second-order valence-corrected chi connectivity index (χ2v) is 9.85. The zero-order valence-corrected chi connectivity index (χ0v) is 18.6. The highest BCUT2D eigenvalue weighted by Crippen LogP contribution is 2.36. The third kappa shape index (κ3) is 4.69. The van der Waals surface area contributed by atoms with Gasteiger partial charge in [0.25, 0.3) is 0 Å². The summed E-state index contributed by atoms with van der Waals surface area (Å²) in [5, 5.41) is 3.30. The predicted molar refractivity (Wildman–Crippen MR) is 118 cm³/mol. The number of aryl methyl sites for hydroxylation is 1. The van der Waals surface area contributed by atoms with Crippen molar-refractivity contribution in [1.29, 1.82) is 0 Å². The van der Waals surface area contributed by atoms with Crippen molar-refractivity contribution in [3.8, 4) is 0 Å². The van der Waals surface area contributed by atoms with E-state index in [1.165, 1.54) is 16.4 Å². The molecule has 1 atom stereocenters. The molecule has 8 heteroatoms. The molecule has 1 N–H and O–H groups in total. The normalized spacial score (nSPS) is 16.6. The molecule has 3 aromatic rings. The highest BCUT2D eigenvalue weighted by molar-refractivity contribution is 7.89. The van der Waals surface area contributed by atoms with Crippen LogP contribution >= 0.6 is 11.6 Å². The van der Waals surface area contributed by atoms with Crippen molar-refractivity contribution in [3.63, 3.8) is 0 Å². The Morgan fingerprint density at radius 3 is 2.58 bits per heavy atom. The van der Waals surface area contributed by atoms with Crippen LogP contribution in [-0.2, 0) is 27.8 Å². The number of carbonyl (C=O) groups is 1. The van der Waals surface area contributed by atoms with Gasteiger partial charge >= 0.3 is 0 Å². The Labute approximate surface area is 186 Å². The Morgan fingerprint density at radius 2 is 1.87 bits per heavy atom. The summed E-state index contributed by atoms with van der Waals surface area (Å²) in [5.74, 6) is 1.18. The lowest BCUT2D eigenvalue weighted by Gasteiger charge is -2.36. The molecule has 0 saturated heterocycles. The Kier molecular flexibility index (Phi) is 6.18. The molecule has 0 spiro atoms. The van der Waals surface area contributed by atoms with Crippen LogP contribution in [0.4, 0.5) is 0 Å². The fourth-order valence-corrected chi connectivity index (χ4v) is 5.62. The van der Waals surface area contributed by atoms with Gasteiger partial charge in [-0.3, -0.25) is 4.79 Å². The first-order valence-corrected chi connectivity index (χ1v) is 11.8. The van der Waals surface area contributed by atoms with Crippen molar-refractivity contribution >= 4 is 27.5 Å². The smallest absolute Gasteiger partial charge is 0.243 e. The number of nitrogens with zero attached hydrogens (tertiary/aromatic N) is 1. The lowest BCUT2D eigenvalue weighted by atomic mass is 9.92. The molecule has 0 aliphatic carbocycles. The summed E-state index contributed by atoms with van der Waals surface area (Å²) in [5.41, 5.74) is 1.92. The van der Waals surface area contributed by atoms with Crippen molar-refractivity contribution in [2.75, 3.05) is 6.54 Å². The fraction of sp³-hybridized carbons (Fsp3) is 0.261. The number of amides is 1. The van der Waals surface area contributed by atoms with E-state index in [0.717, 1.165) is 16.9 Å². The minimum absolute atomic E-state index is 0.0174. The largest absolute Gasteiger partial charge is 0.465 e. The van der Waals surface area contributed by atoms with Gasteiger partial charge < -0.3 is 9.73 Å². The van der Waals surface area contributed by atoms with E-state index in [9.17, 15) is 13.2 Å². The summed E-state index contributed by atoms with van der Waals surface area (Å²) >= 11 is 5.93. The van der Waals surface area contributed by atoms with Gasteiger partial charge in [0.1, 0.15) is 11.5 Å². The number of benzene rings is 2. The Balaban J connectivity index is 1.60. The van der Waals surface area contributed by atoms with E-state index >= 15 is 0 Å².